The van der Waals surface area contributed by atoms with Crippen molar-refractivity contribution in [3.8, 4) is 10.4 Å². The van der Waals surface area contributed by atoms with Crippen molar-refractivity contribution in [1.29, 1.82) is 0 Å². The fraction of sp³-hybridized carbons (Fsp3) is 0.100. The topological polar surface area (TPSA) is 58.0 Å². The second kappa shape index (κ2) is 7.01. The van der Waals surface area contributed by atoms with E-state index in [4.69, 9.17) is 0 Å². The van der Waals surface area contributed by atoms with Crippen molar-refractivity contribution in [1.82, 2.24) is 9.97 Å². The third-order valence-electron chi connectivity index (χ3n) is 4.12. The minimum Gasteiger partial charge on any atom is -0.392 e. The number of nitrogens with one attached hydrogen (secondary N) is 1. The third-order valence-corrected chi connectivity index (χ3v) is 5.21. The molecule has 4 rings (SSSR count). The van der Waals surface area contributed by atoms with Crippen molar-refractivity contribution in [3.05, 3.63) is 78.1 Å². The van der Waals surface area contributed by atoms with Gasteiger partial charge in [-0.25, -0.2) is 9.97 Å². The predicted octanol–water partition coefficient (Wildman–Crippen LogP) is 4.46. The Kier molecular flexibility index (Phi) is 4.41. The van der Waals surface area contributed by atoms with Gasteiger partial charge in [-0.15, -0.1) is 11.3 Å². The molecule has 0 unspecified atom stereocenters. The smallest absolute Gasteiger partial charge is 0.138 e. The van der Waals surface area contributed by atoms with Gasteiger partial charge in [0.2, 0.25) is 0 Å². The number of hydrogen-bond acceptors (Lipinski definition) is 5. The van der Waals surface area contributed by atoms with Gasteiger partial charge in [0.25, 0.3) is 0 Å². The molecule has 0 spiro atoms. The first-order valence-corrected chi connectivity index (χ1v) is 8.88. The molecule has 5 heteroatoms. The van der Waals surface area contributed by atoms with Crippen LogP contribution >= 0.6 is 11.3 Å². The molecule has 0 saturated carbocycles. The molecule has 4 nitrogen and oxygen atoms in total. The van der Waals surface area contributed by atoms with Crippen LogP contribution in [0.3, 0.4) is 0 Å². The Balaban J connectivity index is 1.65. The number of rotatable bonds is 5. The van der Waals surface area contributed by atoms with Crippen molar-refractivity contribution in [2.75, 3.05) is 5.32 Å². The summed E-state index contributed by atoms with van der Waals surface area (Å²) in [6, 6.07) is 20.3. The van der Waals surface area contributed by atoms with Crippen molar-refractivity contribution < 1.29 is 5.11 Å². The third kappa shape index (κ3) is 3.24. The van der Waals surface area contributed by atoms with E-state index in [1.807, 2.05) is 42.5 Å². The Bertz CT molecular complexity index is 998. The summed E-state index contributed by atoms with van der Waals surface area (Å²) in [5.74, 6) is 0.816. The van der Waals surface area contributed by atoms with Gasteiger partial charge in [0, 0.05) is 11.4 Å². The average Bonchev–Trinajstić information content (AvgIpc) is 3.12. The lowest BCUT2D eigenvalue weighted by Crippen LogP contribution is -2.04. The molecule has 0 atom stereocenters. The highest BCUT2D eigenvalue weighted by Crippen LogP contribution is 2.34. The van der Waals surface area contributed by atoms with E-state index >= 15 is 0 Å². The Morgan fingerprint density at radius 2 is 1.68 bits per heavy atom. The number of fused-ring (bicyclic) bond motifs is 1. The van der Waals surface area contributed by atoms with Crippen molar-refractivity contribution >= 4 is 27.4 Å². The summed E-state index contributed by atoms with van der Waals surface area (Å²) in [5, 5.41) is 13.9. The maximum Gasteiger partial charge on any atom is 0.138 e. The highest BCUT2D eigenvalue weighted by molar-refractivity contribution is 7.21. The first kappa shape index (κ1) is 15.7. The van der Waals surface area contributed by atoms with Crippen LogP contribution in [-0.2, 0) is 13.2 Å². The van der Waals surface area contributed by atoms with E-state index in [9.17, 15) is 5.11 Å². The summed E-state index contributed by atoms with van der Waals surface area (Å²) in [6.45, 7) is 0.646. The van der Waals surface area contributed by atoms with E-state index in [1.54, 1.807) is 17.7 Å². The molecular formula is C20H17N3OS. The number of aliphatic hydroxyl groups is 1. The van der Waals surface area contributed by atoms with Gasteiger partial charge in [-0.2, -0.15) is 0 Å². The molecule has 25 heavy (non-hydrogen) atoms. The van der Waals surface area contributed by atoms with Gasteiger partial charge in [-0.1, -0.05) is 54.6 Å². The number of thiophene rings is 1. The lowest BCUT2D eigenvalue weighted by molar-refractivity contribution is 0.280. The number of nitrogens with zero attached hydrogens (tertiary/aromatic N) is 2. The van der Waals surface area contributed by atoms with E-state index < -0.39 is 0 Å². The lowest BCUT2D eigenvalue weighted by atomic mass is 10.1. The Labute approximate surface area is 149 Å². The zero-order chi connectivity index (χ0) is 17.1. The van der Waals surface area contributed by atoms with Crippen molar-refractivity contribution in [3.63, 3.8) is 0 Å². The number of hydrogen-bond donors (Lipinski definition) is 2. The van der Waals surface area contributed by atoms with Crippen LogP contribution in [0.5, 0.6) is 0 Å². The van der Waals surface area contributed by atoms with Gasteiger partial charge < -0.3 is 10.4 Å². The number of benzene rings is 2. The van der Waals surface area contributed by atoms with Crippen LogP contribution < -0.4 is 5.32 Å². The predicted molar refractivity (Wildman–Crippen MR) is 103 cm³/mol. The first-order valence-electron chi connectivity index (χ1n) is 8.06. The Hall–Kier alpha value is -2.76. The highest BCUT2D eigenvalue weighted by Gasteiger charge is 2.10. The summed E-state index contributed by atoms with van der Waals surface area (Å²) < 4.78 is 0. The molecule has 0 aliphatic carbocycles. The maximum absolute atomic E-state index is 9.47. The van der Waals surface area contributed by atoms with Gasteiger partial charge >= 0.3 is 0 Å². The summed E-state index contributed by atoms with van der Waals surface area (Å²) in [6.07, 6.45) is 1.59. The highest BCUT2D eigenvalue weighted by atomic mass is 32.1. The molecular weight excluding hydrogens is 330 g/mol. The fourth-order valence-corrected chi connectivity index (χ4v) is 3.81. The van der Waals surface area contributed by atoms with Gasteiger partial charge in [-0.3, -0.25) is 0 Å². The molecule has 2 heterocycles. The van der Waals surface area contributed by atoms with Crippen LogP contribution in [0.1, 0.15) is 11.1 Å². The molecule has 0 radical (unpaired) electrons. The van der Waals surface area contributed by atoms with Crippen molar-refractivity contribution in [2.24, 2.45) is 0 Å². The van der Waals surface area contributed by atoms with Crippen LogP contribution in [0.2, 0.25) is 0 Å². The molecule has 124 valence electrons. The molecule has 0 aliphatic heterocycles. The summed E-state index contributed by atoms with van der Waals surface area (Å²) in [5.41, 5.74) is 3.17. The zero-order valence-corrected chi connectivity index (χ0v) is 14.3. The van der Waals surface area contributed by atoms with Crippen LogP contribution in [-0.4, -0.2) is 15.1 Å². The lowest BCUT2D eigenvalue weighted by Gasteiger charge is -2.09. The molecule has 0 aliphatic rings. The fourth-order valence-electron chi connectivity index (χ4n) is 2.80. The molecule has 2 aromatic carbocycles. The summed E-state index contributed by atoms with van der Waals surface area (Å²) in [4.78, 5) is 11.0. The first-order chi connectivity index (χ1) is 12.3. The standard InChI is InChI=1S/C20H17N3OS/c24-12-16-9-5-4-8-15(16)11-21-19-17-10-18(14-6-2-1-3-7-14)25-20(17)23-13-22-19/h1-10,13,24H,11-12H2,(H,21,22,23). The molecule has 2 aromatic heterocycles. The molecule has 2 N–H and O–H groups in total. The van der Waals surface area contributed by atoms with Crippen LogP contribution in [0.4, 0.5) is 5.82 Å². The minimum atomic E-state index is 0.0354. The maximum atomic E-state index is 9.47. The monoisotopic (exact) mass is 347 g/mol. The van der Waals surface area contributed by atoms with Gasteiger partial charge in [-0.05, 0) is 22.8 Å². The number of anilines is 1. The Morgan fingerprint density at radius 3 is 2.48 bits per heavy atom. The number of aromatic nitrogens is 2. The van der Waals surface area contributed by atoms with Crippen LogP contribution in [0.15, 0.2) is 67.0 Å². The van der Waals surface area contributed by atoms with Crippen LogP contribution in [0, 0.1) is 0 Å². The SMILES string of the molecule is OCc1ccccc1CNc1ncnc2sc(-c3ccccc3)cc12. The van der Waals surface area contributed by atoms with E-state index in [-0.39, 0.29) is 6.61 Å². The molecule has 0 bridgehead atoms. The van der Waals surface area contributed by atoms with Crippen LogP contribution in [0.25, 0.3) is 20.7 Å². The Morgan fingerprint density at radius 1 is 0.920 bits per heavy atom. The van der Waals surface area contributed by atoms with Gasteiger partial charge in [0.1, 0.15) is 17.0 Å². The molecule has 4 aromatic rings. The zero-order valence-electron chi connectivity index (χ0n) is 13.5. The van der Waals surface area contributed by atoms with E-state index in [1.165, 1.54) is 10.4 Å². The summed E-state index contributed by atoms with van der Waals surface area (Å²) in [7, 11) is 0. The molecule has 0 amide bonds. The quantitative estimate of drug-likeness (QED) is 0.559. The number of aliphatic hydroxyl groups excluding tert-OH is 1. The minimum absolute atomic E-state index is 0.0354. The van der Waals surface area contributed by atoms with Crippen molar-refractivity contribution in [2.45, 2.75) is 13.2 Å². The largest absolute Gasteiger partial charge is 0.392 e. The van der Waals surface area contributed by atoms with Gasteiger partial charge in [0.15, 0.2) is 0 Å². The van der Waals surface area contributed by atoms with E-state index in [0.29, 0.717) is 6.54 Å². The summed E-state index contributed by atoms with van der Waals surface area (Å²) >= 11 is 1.66. The van der Waals surface area contributed by atoms with E-state index in [2.05, 4.69) is 33.5 Å². The van der Waals surface area contributed by atoms with E-state index in [0.717, 1.165) is 27.2 Å². The second-order valence-electron chi connectivity index (χ2n) is 5.70. The second-order valence-corrected chi connectivity index (χ2v) is 6.73. The molecule has 0 saturated heterocycles. The molecule has 0 fully saturated rings. The average molecular weight is 347 g/mol. The normalized spacial score (nSPS) is 10.9. The van der Waals surface area contributed by atoms with Gasteiger partial charge in [0.05, 0.1) is 12.0 Å².